The number of fused-ring (bicyclic) bond motifs is 12. The fourth-order valence-corrected chi connectivity index (χ4v) is 10.3. The van der Waals surface area contributed by atoms with Crippen molar-refractivity contribution in [2.24, 2.45) is 0 Å². The summed E-state index contributed by atoms with van der Waals surface area (Å²) in [5, 5.41) is 2.51. The Kier molecular flexibility index (Phi) is 7.79. The predicted molar refractivity (Wildman–Crippen MR) is 255 cm³/mol. The summed E-state index contributed by atoms with van der Waals surface area (Å²) >= 11 is 0. The molecule has 2 aliphatic rings. The SMILES string of the molecule is c1ccc(-c2cc(-c3cccc(-c4ccc(-n5c6ccccc6c6ccccc65)cc4)c3)nc(-c3ccc4c(c3)C3(c5ccccc5O4)c4ccccc4-c4ccccc43)n2)cc1. The number of para-hydroxylation sites is 3. The quantitative estimate of drug-likeness (QED) is 0.174. The first kappa shape index (κ1) is 35.4. The summed E-state index contributed by atoms with van der Waals surface area (Å²) in [5.41, 5.74) is 17.1. The second kappa shape index (κ2) is 13.8. The molecule has 0 atom stereocenters. The van der Waals surface area contributed by atoms with E-state index < -0.39 is 5.41 Å². The normalized spacial score (nSPS) is 13.0. The number of nitrogens with zero attached hydrogens (tertiary/aromatic N) is 3. The zero-order valence-electron chi connectivity index (χ0n) is 34.1. The molecule has 0 saturated carbocycles. The average molecular weight is 804 g/mol. The molecule has 1 spiro atoms. The van der Waals surface area contributed by atoms with Crippen molar-refractivity contribution in [1.29, 1.82) is 0 Å². The van der Waals surface area contributed by atoms with Gasteiger partial charge in [-0.2, -0.15) is 0 Å². The highest BCUT2D eigenvalue weighted by Gasteiger charge is 2.51. The van der Waals surface area contributed by atoms with E-state index in [1.807, 2.05) is 6.07 Å². The van der Waals surface area contributed by atoms with E-state index in [0.29, 0.717) is 5.82 Å². The maximum Gasteiger partial charge on any atom is 0.160 e. The second-order valence-corrected chi connectivity index (χ2v) is 16.5. The highest BCUT2D eigenvalue weighted by molar-refractivity contribution is 6.09. The van der Waals surface area contributed by atoms with E-state index in [-0.39, 0.29) is 0 Å². The van der Waals surface area contributed by atoms with Crippen LogP contribution in [0.1, 0.15) is 22.3 Å². The van der Waals surface area contributed by atoms with Crippen molar-refractivity contribution in [3.8, 4) is 73.3 Å². The third kappa shape index (κ3) is 5.35. The molecule has 9 aromatic carbocycles. The van der Waals surface area contributed by atoms with E-state index in [4.69, 9.17) is 14.7 Å². The number of benzene rings is 9. The summed E-state index contributed by atoms with van der Waals surface area (Å²) in [5.74, 6) is 2.36. The van der Waals surface area contributed by atoms with E-state index >= 15 is 0 Å². The van der Waals surface area contributed by atoms with Gasteiger partial charge in [-0.1, -0.05) is 164 Å². The standard InChI is InChI=1S/C59H37N3O/c1-2-15-39(16-3-1)52-37-53(41-18-14-17-40(35-41)38-29-32-43(33-30-38)62-54-26-11-6-21-46(54)47-22-7-12-27-55(47)62)61-58(60-52)42-31-34-57-51(36-42)59(50-25-10-13-28-56(50)63-57)48-23-8-4-19-44(48)45-20-5-9-24-49(45)59/h1-37H. The molecule has 0 saturated heterocycles. The molecule has 2 aromatic heterocycles. The van der Waals surface area contributed by atoms with E-state index in [1.165, 1.54) is 44.1 Å². The third-order valence-electron chi connectivity index (χ3n) is 13.1. The number of rotatable bonds is 5. The Hall–Kier alpha value is -8.34. The van der Waals surface area contributed by atoms with Crippen molar-refractivity contribution >= 4 is 21.8 Å². The van der Waals surface area contributed by atoms with Crippen LogP contribution in [0, 0.1) is 0 Å². The molecule has 3 heterocycles. The lowest BCUT2D eigenvalue weighted by molar-refractivity contribution is 0.436. The first-order valence-electron chi connectivity index (χ1n) is 21.5. The van der Waals surface area contributed by atoms with Crippen molar-refractivity contribution in [3.05, 3.63) is 247 Å². The van der Waals surface area contributed by atoms with E-state index in [0.717, 1.165) is 67.5 Å². The topological polar surface area (TPSA) is 39.9 Å². The molecule has 0 radical (unpaired) electrons. The molecule has 0 amide bonds. The molecule has 1 aliphatic heterocycles. The number of hydrogen-bond donors (Lipinski definition) is 0. The van der Waals surface area contributed by atoms with Crippen molar-refractivity contribution in [2.75, 3.05) is 0 Å². The summed E-state index contributed by atoms with van der Waals surface area (Å²) in [7, 11) is 0. The molecular weight excluding hydrogens is 767 g/mol. The van der Waals surface area contributed by atoms with Gasteiger partial charge in [0.05, 0.1) is 27.8 Å². The molecular formula is C59H37N3O. The molecule has 4 heteroatoms. The van der Waals surface area contributed by atoms with Gasteiger partial charge in [0.1, 0.15) is 11.5 Å². The van der Waals surface area contributed by atoms with Crippen LogP contribution >= 0.6 is 0 Å². The largest absolute Gasteiger partial charge is 0.457 e. The Bertz CT molecular complexity index is 3510. The van der Waals surface area contributed by atoms with Gasteiger partial charge >= 0.3 is 0 Å². The Balaban J connectivity index is 0.944. The van der Waals surface area contributed by atoms with Crippen LogP contribution in [0.4, 0.5) is 0 Å². The summed E-state index contributed by atoms with van der Waals surface area (Å²) in [6, 6.07) is 80.0. The predicted octanol–water partition coefficient (Wildman–Crippen LogP) is 14.7. The van der Waals surface area contributed by atoms with Crippen LogP contribution in [0.15, 0.2) is 224 Å². The minimum Gasteiger partial charge on any atom is -0.457 e. The van der Waals surface area contributed by atoms with Gasteiger partial charge in [-0.25, -0.2) is 9.97 Å². The summed E-state index contributed by atoms with van der Waals surface area (Å²) in [6.45, 7) is 0. The minimum absolute atomic E-state index is 0.585. The van der Waals surface area contributed by atoms with Gasteiger partial charge in [-0.3, -0.25) is 0 Å². The van der Waals surface area contributed by atoms with Gasteiger partial charge in [-0.05, 0) is 94.0 Å². The van der Waals surface area contributed by atoms with Gasteiger partial charge < -0.3 is 9.30 Å². The van der Waals surface area contributed by atoms with Crippen molar-refractivity contribution in [2.45, 2.75) is 5.41 Å². The molecule has 13 rings (SSSR count). The molecule has 0 unspecified atom stereocenters. The fourth-order valence-electron chi connectivity index (χ4n) is 10.3. The van der Waals surface area contributed by atoms with E-state index in [1.54, 1.807) is 0 Å². The summed E-state index contributed by atoms with van der Waals surface area (Å²) in [4.78, 5) is 10.7. The smallest absolute Gasteiger partial charge is 0.160 e. The molecule has 0 fully saturated rings. The molecule has 294 valence electrons. The van der Waals surface area contributed by atoms with Gasteiger partial charge in [0.15, 0.2) is 5.82 Å². The van der Waals surface area contributed by atoms with Crippen LogP contribution in [0.2, 0.25) is 0 Å². The fraction of sp³-hybridized carbons (Fsp3) is 0.0169. The zero-order valence-corrected chi connectivity index (χ0v) is 34.1. The van der Waals surface area contributed by atoms with Gasteiger partial charge in [0, 0.05) is 44.3 Å². The summed E-state index contributed by atoms with van der Waals surface area (Å²) in [6.07, 6.45) is 0. The Morgan fingerprint density at radius 2 is 0.889 bits per heavy atom. The molecule has 0 bridgehead atoms. The van der Waals surface area contributed by atoms with Crippen LogP contribution in [-0.2, 0) is 5.41 Å². The Labute approximate surface area is 365 Å². The van der Waals surface area contributed by atoms with Gasteiger partial charge in [0.25, 0.3) is 0 Å². The molecule has 63 heavy (non-hydrogen) atoms. The van der Waals surface area contributed by atoms with Crippen molar-refractivity contribution in [1.82, 2.24) is 14.5 Å². The van der Waals surface area contributed by atoms with Crippen LogP contribution in [-0.4, -0.2) is 14.5 Å². The van der Waals surface area contributed by atoms with Gasteiger partial charge in [0.2, 0.25) is 0 Å². The number of aromatic nitrogens is 3. The Morgan fingerprint density at radius 1 is 0.349 bits per heavy atom. The van der Waals surface area contributed by atoms with Gasteiger partial charge in [-0.15, -0.1) is 0 Å². The average Bonchev–Trinajstić information content (AvgIpc) is 3.85. The minimum atomic E-state index is -0.585. The zero-order chi connectivity index (χ0) is 41.5. The second-order valence-electron chi connectivity index (χ2n) is 16.5. The maximum absolute atomic E-state index is 6.75. The first-order valence-corrected chi connectivity index (χ1v) is 21.5. The maximum atomic E-state index is 6.75. The highest BCUT2D eigenvalue weighted by atomic mass is 16.5. The van der Waals surface area contributed by atoms with Crippen molar-refractivity contribution in [3.63, 3.8) is 0 Å². The van der Waals surface area contributed by atoms with Crippen LogP contribution in [0.25, 0.3) is 83.6 Å². The van der Waals surface area contributed by atoms with E-state index in [2.05, 4.69) is 223 Å². The van der Waals surface area contributed by atoms with Crippen LogP contribution in [0.5, 0.6) is 11.5 Å². The summed E-state index contributed by atoms with van der Waals surface area (Å²) < 4.78 is 9.11. The number of hydrogen-bond acceptors (Lipinski definition) is 3. The Morgan fingerprint density at radius 3 is 1.60 bits per heavy atom. The lowest BCUT2D eigenvalue weighted by Gasteiger charge is -2.39. The number of ether oxygens (including phenoxy) is 1. The van der Waals surface area contributed by atoms with E-state index in [9.17, 15) is 0 Å². The monoisotopic (exact) mass is 803 g/mol. The van der Waals surface area contributed by atoms with Crippen LogP contribution < -0.4 is 4.74 Å². The molecule has 0 N–H and O–H groups in total. The molecule has 11 aromatic rings. The molecule has 4 nitrogen and oxygen atoms in total. The third-order valence-corrected chi connectivity index (χ3v) is 13.1. The van der Waals surface area contributed by atoms with Crippen LogP contribution in [0.3, 0.4) is 0 Å². The van der Waals surface area contributed by atoms with Crippen molar-refractivity contribution < 1.29 is 4.74 Å². The highest BCUT2D eigenvalue weighted by Crippen LogP contribution is 2.62. The lowest BCUT2D eigenvalue weighted by Crippen LogP contribution is -2.32. The first-order chi connectivity index (χ1) is 31.2. The molecule has 1 aliphatic carbocycles. The lowest BCUT2D eigenvalue weighted by atomic mass is 9.66.